The molecule has 1 aromatic carbocycles. The molecule has 0 aromatic heterocycles. The molecule has 0 aliphatic carbocycles. The maximum absolute atomic E-state index is 6.03. The van der Waals surface area contributed by atoms with Crippen molar-refractivity contribution in [3.05, 3.63) is 34.9 Å². The number of hydrogen-bond acceptors (Lipinski definition) is 2. The average Bonchev–Trinajstić information content (AvgIpc) is 2.38. The van der Waals surface area contributed by atoms with Gasteiger partial charge in [0.25, 0.3) is 0 Å². The minimum absolute atomic E-state index is 0.388. The van der Waals surface area contributed by atoms with Crippen molar-refractivity contribution in [3.63, 3.8) is 0 Å². The lowest BCUT2D eigenvalue weighted by Crippen LogP contribution is -2.26. The molecule has 2 nitrogen and oxygen atoms in total. The lowest BCUT2D eigenvalue weighted by atomic mass is 10.0. The van der Waals surface area contributed by atoms with Crippen molar-refractivity contribution in [2.75, 3.05) is 20.1 Å². The summed E-state index contributed by atoms with van der Waals surface area (Å²) in [5.41, 5.74) is 7.01. The monoisotopic (exact) mass is 268 g/mol. The molecule has 2 N–H and O–H groups in total. The Labute approximate surface area is 116 Å². The van der Waals surface area contributed by atoms with E-state index in [4.69, 9.17) is 17.3 Å². The van der Waals surface area contributed by atoms with Crippen LogP contribution in [-0.2, 0) is 0 Å². The van der Waals surface area contributed by atoms with E-state index in [2.05, 4.69) is 31.9 Å². The summed E-state index contributed by atoms with van der Waals surface area (Å²) < 4.78 is 0. The van der Waals surface area contributed by atoms with E-state index in [1.165, 1.54) is 5.56 Å². The molecular weight excluding hydrogens is 244 g/mol. The third-order valence-electron chi connectivity index (χ3n) is 3.79. The van der Waals surface area contributed by atoms with Crippen LogP contribution >= 0.6 is 11.6 Å². The molecule has 2 unspecified atom stereocenters. The fraction of sp³-hybridized carbons (Fsp3) is 0.600. The Hall–Kier alpha value is -0.570. The molecule has 0 aliphatic heterocycles. The van der Waals surface area contributed by atoms with Crippen LogP contribution in [0.25, 0.3) is 0 Å². The van der Waals surface area contributed by atoms with E-state index in [0.29, 0.717) is 12.0 Å². The van der Waals surface area contributed by atoms with Crippen LogP contribution in [0.1, 0.15) is 38.3 Å². The molecular formula is C15H25ClN2. The first-order chi connectivity index (χ1) is 8.58. The lowest BCUT2D eigenvalue weighted by molar-refractivity contribution is 0.239. The molecule has 1 aromatic rings. The van der Waals surface area contributed by atoms with Gasteiger partial charge in [-0.15, -0.1) is 0 Å². The van der Waals surface area contributed by atoms with Gasteiger partial charge in [0.1, 0.15) is 0 Å². The van der Waals surface area contributed by atoms with Crippen molar-refractivity contribution in [1.82, 2.24) is 4.90 Å². The molecule has 0 heterocycles. The van der Waals surface area contributed by atoms with Crippen LogP contribution in [-0.4, -0.2) is 25.0 Å². The third-order valence-corrected chi connectivity index (χ3v) is 4.03. The molecule has 0 fully saturated rings. The second-order valence-electron chi connectivity index (χ2n) is 5.01. The van der Waals surface area contributed by atoms with Crippen molar-refractivity contribution in [1.29, 1.82) is 0 Å². The van der Waals surface area contributed by atoms with Gasteiger partial charge < -0.3 is 5.73 Å². The molecule has 0 bridgehead atoms. The van der Waals surface area contributed by atoms with Crippen LogP contribution < -0.4 is 5.73 Å². The van der Waals surface area contributed by atoms with Gasteiger partial charge in [-0.2, -0.15) is 0 Å². The molecule has 0 amide bonds. The van der Waals surface area contributed by atoms with E-state index >= 15 is 0 Å². The van der Waals surface area contributed by atoms with Gasteiger partial charge in [0.15, 0.2) is 0 Å². The maximum atomic E-state index is 6.03. The first kappa shape index (κ1) is 15.5. The number of benzene rings is 1. The minimum Gasteiger partial charge on any atom is -0.330 e. The van der Waals surface area contributed by atoms with E-state index < -0.39 is 0 Å². The first-order valence-electron chi connectivity index (χ1n) is 6.74. The zero-order chi connectivity index (χ0) is 13.5. The minimum atomic E-state index is 0.388. The van der Waals surface area contributed by atoms with E-state index in [1.807, 2.05) is 18.2 Å². The summed E-state index contributed by atoms with van der Waals surface area (Å²) in [6.45, 7) is 6.28. The first-order valence-corrected chi connectivity index (χ1v) is 7.12. The number of nitrogens with zero attached hydrogens (tertiary/aromatic N) is 1. The zero-order valence-electron chi connectivity index (χ0n) is 11.7. The Morgan fingerprint density at radius 1 is 1.39 bits per heavy atom. The van der Waals surface area contributed by atoms with Crippen molar-refractivity contribution < 1.29 is 0 Å². The summed E-state index contributed by atoms with van der Waals surface area (Å²) in [6, 6.07) is 8.49. The van der Waals surface area contributed by atoms with Gasteiger partial charge in [0.2, 0.25) is 0 Å². The fourth-order valence-electron chi connectivity index (χ4n) is 2.09. The van der Waals surface area contributed by atoms with Crippen LogP contribution in [0.4, 0.5) is 0 Å². The standard InChI is InChI=1S/C15H25ClN2/c1-4-13(11-17)8-9-18(3)12(2)14-6-5-7-15(16)10-14/h5-7,10,12-13H,4,8-9,11,17H2,1-3H3. The zero-order valence-corrected chi connectivity index (χ0v) is 12.5. The van der Waals surface area contributed by atoms with E-state index in [-0.39, 0.29) is 0 Å². The lowest BCUT2D eigenvalue weighted by Gasteiger charge is -2.26. The SMILES string of the molecule is CCC(CN)CCN(C)C(C)c1cccc(Cl)c1. The van der Waals surface area contributed by atoms with Gasteiger partial charge in [-0.05, 0) is 57.1 Å². The van der Waals surface area contributed by atoms with Crippen molar-refractivity contribution in [3.8, 4) is 0 Å². The molecule has 0 saturated carbocycles. The van der Waals surface area contributed by atoms with Crippen molar-refractivity contribution in [2.45, 2.75) is 32.7 Å². The van der Waals surface area contributed by atoms with Gasteiger partial charge in [-0.3, -0.25) is 4.90 Å². The Kier molecular flexibility index (Phi) is 6.69. The second kappa shape index (κ2) is 7.78. The summed E-state index contributed by atoms with van der Waals surface area (Å²) in [5, 5.41) is 0.807. The summed E-state index contributed by atoms with van der Waals surface area (Å²) in [7, 11) is 2.16. The number of hydrogen-bond donors (Lipinski definition) is 1. The second-order valence-corrected chi connectivity index (χ2v) is 5.45. The maximum Gasteiger partial charge on any atom is 0.0409 e. The Morgan fingerprint density at radius 3 is 2.67 bits per heavy atom. The summed E-state index contributed by atoms with van der Waals surface area (Å²) in [4.78, 5) is 2.37. The Bertz CT molecular complexity index is 350. The van der Waals surface area contributed by atoms with Crippen LogP contribution in [0.15, 0.2) is 24.3 Å². The van der Waals surface area contributed by atoms with Crippen LogP contribution in [0.5, 0.6) is 0 Å². The summed E-state index contributed by atoms with van der Waals surface area (Å²) in [5.74, 6) is 0.638. The predicted molar refractivity (Wildman–Crippen MR) is 79.9 cm³/mol. The molecule has 2 atom stereocenters. The van der Waals surface area contributed by atoms with Gasteiger partial charge >= 0.3 is 0 Å². The highest BCUT2D eigenvalue weighted by Gasteiger charge is 2.13. The normalized spacial score (nSPS) is 14.8. The van der Waals surface area contributed by atoms with Crippen molar-refractivity contribution >= 4 is 11.6 Å². The molecule has 0 aliphatic rings. The largest absolute Gasteiger partial charge is 0.330 e. The quantitative estimate of drug-likeness (QED) is 0.817. The number of halogens is 1. The van der Waals surface area contributed by atoms with Crippen LogP contribution in [0, 0.1) is 5.92 Å². The van der Waals surface area contributed by atoms with Gasteiger partial charge in [0.05, 0.1) is 0 Å². The molecule has 102 valence electrons. The molecule has 1 rings (SSSR count). The molecule has 0 spiro atoms. The average molecular weight is 269 g/mol. The summed E-state index contributed by atoms with van der Waals surface area (Å²) >= 11 is 6.03. The highest BCUT2D eigenvalue weighted by molar-refractivity contribution is 6.30. The Balaban J connectivity index is 2.53. The molecule has 18 heavy (non-hydrogen) atoms. The van der Waals surface area contributed by atoms with Gasteiger partial charge in [-0.1, -0.05) is 37.1 Å². The van der Waals surface area contributed by atoms with Crippen LogP contribution in [0.3, 0.4) is 0 Å². The third kappa shape index (κ3) is 4.60. The molecule has 0 saturated heterocycles. The van der Waals surface area contributed by atoms with E-state index in [9.17, 15) is 0 Å². The fourth-order valence-corrected chi connectivity index (χ4v) is 2.29. The number of nitrogens with two attached hydrogens (primary N) is 1. The smallest absolute Gasteiger partial charge is 0.0409 e. The molecule has 0 radical (unpaired) electrons. The van der Waals surface area contributed by atoms with Gasteiger partial charge in [-0.25, -0.2) is 0 Å². The number of rotatable bonds is 7. The topological polar surface area (TPSA) is 29.3 Å². The van der Waals surface area contributed by atoms with E-state index in [1.54, 1.807) is 0 Å². The predicted octanol–water partition coefficient (Wildman–Crippen LogP) is 3.71. The van der Waals surface area contributed by atoms with Crippen LogP contribution in [0.2, 0.25) is 5.02 Å². The van der Waals surface area contributed by atoms with E-state index in [0.717, 1.165) is 31.0 Å². The Morgan fingerprint density at radius 2 is 2.11 bits per heavy atom. The van der Waals surface area contributed by atoms with Gasteiger partial charge in [0, 0.05) is 11.1 Å². The van der Waals surface area contributed by atoms with Crippen molar-refractivity contribution in [2.24, 2.45) is 11.7 Å². The summed E-state index contributed by atoms with van der Waals surface area (Å²) in [6.07, 6.45) is 2.32. The molecule has 3 heteroatoms. The highest BCUT2D eigenvalue weighted by atomic mass is 35.5. The highest BCUT2D eigenvalue weighted by Crippen LogP contribution is 2.22.